The summed E-state index contributed by atoms with van der Waals surface area (Å²) in [5, 5.41) is 0. The van der Waals surface area contributed by atoms with Crippen molar-refractivity contribution < 1.29 is 9.47 Å². The molecule has 1 atom stereocenters. The molecule has 2 N–H and O–H groups in total. The van der Waals surface area contributed by atoms with Crippen LogP contribution in [0.3, 0.4) is 0 Å². The second-order valence-electron chi connectivity index (χ2n) is 4.02. The second-order valence-corrected chi connectivity index (χ2v) is 4.93. The van der Waals surface area contributed by atoms with Crippen LogP contribution in [-0.4, -0.2) is 20.3 Å². The molecule has 1 aromatic rings. The molecule has 3 nitrogen and oxygen atoms in total. The summed E-state index contributed by atoms with van der Waals surface area (Å²) in [7, 11) is 1.71. The van der Waals surface area contributed by atoms with Crippen molar-refractivity contribution in [3.05, 3.63) is 28.2 Å². The number of hydrogen-bond acceptors (Lipinski definition) is 3. The molecule has 1 aromatic carbocycles. The van der Waals surface area contributed by atoms with Crippen LogP contribution in [-0.2, 0) is 4.74 Å². The van der Waals surface area contributed by atoms with Crippen LogP contribution in [0.4, 0.5) is 0 Å². The molecule has 0 fully saturated rings. The average molecular weight is 302 g/mol. The van der Waals surface area contributed by atoms with E-state index in [9.17, 15) is 0 Å². The maximum Gasteiger partial charge on any atom is 0.124 e. The predicted octanol–water partition coefficient (Wildman–Crippen LogP) is 3.27. The summed E-state index contributed by atoms with van der Waals surface area (Å²) in [6, 6.07) is 5.91. The Bertz CT molecular complexity index is 342. The summed E-state index contributed by atoms with van der Waals surface area (Å²) in [6.45, 7) is 3.44. The SMILES string of the molecule is COCCCCOc1ccc(Br)cc1[C@H](C)N. The van der Waals surface area contributed by atoms with Crippen molar-refractivity contribution in [3.63, 3.8) is 0 Å². The first kappa shape index (κ1) is 14.5. The highest BCUT2D eigenvalue weighted by Crippen LogP contribution is 2.27. The van der Waals surface area contributed by atoms with Gasteiger partial charge in [0.25, 0.3) is 0 Å². The lowest BCUT2D eigenvalue weighted by atomic mass is 10.1. The lowest BCUT2D eigenvalue weighted by Crippen LogP contribution is -2.09. The molecular formula is C13H20BrNO2. The Morgan fingerprint density at radius 1 is 1.29 bits per heavy atom. The first-order valence-corrected chi connectivity index (χ1v) is 6.61. The van der Waals surface area contributed by atoms with E-state index in [1.54, 1.807) is 7.11 Å². The maximum absolute atomic E-state index is 5.91. The third-order valence-electron chi connectivity index (χ3n) is 2.46. The number of nitrogens with two attached hydrogens (primary N) is 1. The molecule has 0 saturated carbocycles. The van der Waals surface area contributed by atoms with E-state index in [0.29, 0.717) is 6.61 Å². The zero-order valence-electron chi connectivity index (χ0n) is 10.4. The maximum atomic E-state index is 5.91. The van der Waals surface area contributed by atoms with Gasteiger partial charge >= 0.3 is 0 Å². The van der Waals surface area contributed by atoms with Crippen LogP contribution in [0.2, 0.25) is 0 Å². The number of benzene rings is 1. The van der Waals surface area contributed by atoms with Gasteiger partial charge in [0.2, 0.25) is 0 Å². The minimum atomic E-state index is -0.0264. The fourth-order valence-corrected chi connectivity index (χ4v) is 1.92. The van der Waals surface area contributed by atoms with Gasteiger partial charge in [-0.05, 0) is 38.0 Å². The van der Waals surface area contributed by atoms with Crippen molar-refractivity contribution in [1.29, 1.82) is 0 Å². The topological polar surface area (TPSA) is 44.5 Å². The second kappa shape index (κ2) is 7.69. The van der Waals surface area contributed by atoms with Gasteiger partial charge in [0.15, 0.2) is 0 Å². The minimum Gasteiger partial charge on any atom is -0.493 e. The first-order valence-electron chi connectivity index (χ1n) is 5.82. The van der Waals surface area contributed by atoms with Crippen LogP contribution >= 0.6 is 15.9 Å². The summed E-state index contributed by atoms with van der Waals surface area (Å²) in [6.07, 6.45) is 2.00. The fourth-order valence-electron chi connectivity index (χ4n) is 1.54. The summed E-state index contributed by atoms with van der Waals surface area (Å²) in [4.78, 5) is 0. The number of halogens is 1. The van der Waals surface area contributed by atoms with Gasteiger partial charge in [0.1, 0.15) is 5.75 Å². The van der Waals surface area contributed by atoms with Gasteiger partial charge in [0, 0.05) is 29.8 Å². The van der Waals surface area contributed by atoms with E-state index in [2.05, 4.69) is 15.9 Å². The van der Waals surface area contributed by atoms with Crippen molar-refractivity contribution in [3.8, 4) is 5.75 Å². The van der Waals surface area contributed by atoms with Gasteiger partial charge < -0.3 is 15.2 Å². The molecule has 0 aromatic heterocycles. The lowest BCUT2D eigenvalue weighted by molar-refractivity contribution is 0.184. The highest BCUT2D eigenvalue weighted by Gasteiger charge is 2.08. The van der Waals surface area contributed by atoms with E-state index in [4.69, 9.17) is 15.2 Å². The summed E-state index contributed by atoms with van der Waals surface area (Å²) in [5.74, 6) is 0.876. The smallest absolute Gasteiger partial charge is 0.124 e. The van der Waals surface area contributed by atoms with Crippen molar-refractivity contribution >= 4 is 15.9 Å². The lowest BCUT2D eigenvalue weighted by Gasteiger charge is -2.14. The molecule has 0 amide bonds. The molecule has 0 aliphatic heterocycles. The Morgan fingerprint density at radius 3 is 2.65 bits per heavy atom. The van der Waals surface area contributed by atoms with E-state index >= 15 is 0 Å². The Morgan fingerprint density at radius 2 is 2.00 bits per heavy atom. The van der Waals surface area contributed by atoms with E-state index in [1.165, 1.54) is 0 Å². The van der Waals surface area contributed by atoms with Gasteiger partial charge in [-0.25, -0.2) is 0 Å². The normalized spacial score (nSPS) is 12.5. The average Bonchev–Trinajstić information content (AvgIpc) is 2.30. The fraction of sp³-hybridized carbons (Fsp3) is 0.538. The van der Waals surface area contributed by atoms with Crippen molar-refractivity contribution in [1.82, 2.24) is 0 Å². The molecule has 17 heavy (non-hydrogen) atoms. The number of methoxy groups -OCH3 is 1. The van der Waals surface area contributed by atoms with Gasteiger partial charge in [-0.1, -0.05) is 15.9 Å². The van der Waals surface area contributed by atoms with E-state index in [-0.39, 0.29) is 6.04 Å². The molecule has 1 rings (SSSR count). The predicted molar refractivity (Wildman–Crippen MR) is 73.3 cm³/mol. The minimum absolute atomic E-state index is 0.0264. The van der Waals surface area contributed by atoms with Crippen LogP contribution in [0.15, 0.2) is 22.7 Å². The Kier molecular flexibility index (Phi) is 6.55. The number of hydrogen-bond donors (Lipinski definition) is 1. The molecule has 0 bridgehead atoms. The highest BCUT2D eigenvalue weighted by molar-refractivity contribution is 9.10. The summed E-state index contributed by atoms with van der Waals surface area (Å²) >= 11 is 3.44. The Labute approximate surface area is 111 Å². The van der Waals surface area contributed by atoms with Crippen LogP contribution in [0.5, 0.6) is 5.75 Å². The molecule has 0 unspecified atom stereocenters. The molecular weight excluding hydrogens is 282 g/mol. The monoisotopic (exact) mass is 301 g/mol. The highest BCUT2D eigenvalue weighted by atomic mass is 79.9. The van der Waals surface area contributed by atoms with E-state index < -0.39 is 0 Å². The van der Waals surface area contributed by atoms with Crippen LogP contribution in [0.1, 0.15) is 31.4 Å². The molecule has 0 saturated heterocycles. The quantitative estimate of drug-likeness (QED) is 0.786. The molecule has 0 aliphatic carbocycles. The van der Waals surface area contributed by atoms with E-state index in [0.717, 1.165) is 35.2 Å². The Hall–Kier alpha value is -0.580. The van der Waals surface area contributed by atoms with E-state index in [1.807, 2.05) is 25.1 Å². The zero-order valence-corrected chi connectivity index (χ0v) is 12.0. The number of rotatable bonds is 7. The number of ether oxygens (including phenoxy) is 2. The first-order chi connectivity index (χ1) is 8.15. The third kappa shape index (κ3) is 5.06. The van der Waals surface area contributed by atoms with Crippen LogP contribution < -0.4 is 10.5 Å². The molecule has 96 valence electrons. The molecule has 0 aliphatic rings. The number of unbranched alkanes of at least 4 members (excludes halogenated alkanes) is 1. The Balaban J connectivity index is 2.52. The van der Waals surface area contributed by atoms with Gasteiger partial charge in [-0.2, -0.15) is 0 Å². The van der Waals surface area contributed by atoms with Gasteiger partial charge in [-0.15, -0.1) is 0 Å². The molecule has 4 heteroatoms. The van der Waals surface area contributed by atoms with Crippen molar-refractivity contribution in [2.45, 2.75) is 25.8 Å². The third-order valence-corrected chi connectivity index (χ3v) is 2.96. The van der Waals surface area contributed by atoms with Gasteiger partial charge in [0.05, 0.1) is 6.61 Å². The molecule has 0 spiro atoms. The van der Waals surface area contributed by atoms with Crippen LogP contribution in [0, 0.1) is 0 Å². The van der Waals surface area contributed by atoms with Crippen LogP contribution in [0.25, 0.3) is 0 Å². The zero-order chi connectivity index (χ0) is 12.7. The van der Waals surface area contributed by atoms with Crippen molar-refractivity contribution in [2.75, 3.05) is 20.3 Å². The standard InChI is InChI=1S/C13H20BrNO2/c1-10(15)12-9-11(14)5-6-13(12)17-8-4-3-7-16-2/h5-6,9-10H,3-4,7-8,15H2,1-2H3/t10-/m0/s1. The summed E-state index contributed by atoms with van der Waals surface area (Å²) in [5.41, 5.74) is 6.95. The molecule has 0 heterocycles. The van der Waals surface area contributed by atoms with Crippen molar-refractivity contribution in [2.24, 2.45) is 5.73 Å². The largest absolute Gasteiger partial charge is 0.493 e. The van der Waals surface area contributed by atoms with Gasteiger partial charge in [-0.3, -0.25) is 0 Å². The molecule has 0 radical (unpaired) electrons. The summed E-state index contributed by atoms with van der Waals surface area (Å²) < 4.78 is 11.8.